The Morgan fingerprint density at radius 2 is 1.05 bits per heavy atom. The number of ether oxygens (including phenoxy) is 2. The van der Waals surface area contributed by atoms with Crippen LogP contribution in [-0.2, 0) is 0 Å². The van der Waals surface area contributed by atoms with Crippen molar-refractivity contribution < 1.29 is 19.7 Å². The van der Waals surface area contributed by atoms with Crippen LogP contribution in [0.1, 0.15) is 87.2 Å². The first-order valence-corrected chi connectivity index (χ1v) is 14.3. The molecule has 4 N–H and O–H groups in total. The number of aliphatic hydroxyl groups is 2. The average Bonchev–Trinajstić information content (AvgIpc) is 2.93. The predicted octanol–water partition coefficient (Wildman–Crippen LogP) is 5.89. The maximum absolute atomic E-state index is 11.1. The van der Waals surface area contributed by atoms with E-state index in [1.165, 1.54) is 18.4 Å². The van der Waals surface area contributed by atoms with Gasteiger partial charge in [-0.1, -0.05) is 62.8 Å². The van der Waals surface area contributed by atoms with Crippen molar-refractivity contribution in [3.8, 4) is 11.5 Å². The van der Waals surface area contributed by atoms with Gasteiger partial charge >= 0.3 is 0 Å². The summed E-state index contributed by atoms with van der Waals surface area (Å²) in [4.78, 5) is 2.17. The number of hydrogen-bond donors (Lipinski definition) is 3. The Kier molecular flexibility index (Phi) is 13.5. The van der Waals surface area contributed by atoms with Crippen LogP contribution >= 0.6 is 12.4 Å². The summed E-state index contributed by atoms with van der Waals surface area (Å²) < 4.78 is 10.4. The summed E-state index contributed by atoms with van der Waals surface area (Å²) in [5.41, 5.74) is 7.04. The van der Waals surface area contributed by atoms with Crippen LogP contribution in [0, 0.1) is 0 Å². The van der Waals surface area contributed by atoms with Gasteiger partial charge in [0.05, 0.1) is 25.4 Å². The van der Waals surface area contributed by atoms with Crippen LogP contribution in [0.4, 0.5) is 0 Å². The molecule has 0 amide bonds. The minimum absolute atomic E-state index is 0. The molecule has 39 heavy (non-hydrogen) atoms. The molecule has 0 heterocycles. The lowest BCUT2D eigenvalue weighted by Crippen LogP contribution is -2.42. The summed E-state index contributed by atoms with van der Waals surface area (Å²) in [5.74, 6) is 1.91. The van der Waals surface area contributed by atoms with E-state index in [1.807, 2.05) is 36.4 Å². The van der Waals surface area contributed by atoms with Crippen LogP contribution in [0.3, 0.4) is 0 Å². The number of halogens is 1. The molecule has 0 aromatic heterocycles. The van der Waals surface area contributed by atoms with Crippen molar-refractivity contribution in [2.75, 3.05) is 41.4 Å². The van der Waals surface area contributed by atoms with Gasteiger partial charge in [0, 0.05) is 24.9 Å². The fraction of sp³-hybridized carbons (Fsp3) is 0.625. The predicted molar refractivity (Wildman–Crippen MR) is 162 cm³/mol. The van der Waals surface area contributed by atoms with Crippen molar-refractivity contribution in [2.24, 2.45) is 5.73 Å². The smallest absolute Gasteiger partial charge is 0.118 e. The molecule has 2 unspecified atom stereocenters. The maximum atomic E-state index is 11.1. The summed E-state index contributed by atoms with van der Waals surface area (Å²) in [6, 6.07) is 16.1. The zero-order valence-corrected chi connectivity index (χ0v) is 25.2. The first kappa shape index (κ1) is 33.4. The molecule has 7 heteroatoms. The Balaban J connectivity index is 0.000000268. The van der Waals surface area contributed by atoms with Crippen LogP contribution in [0.2, 0.25) is 0 Å². The Hall–Kier alpha value is -1.83. The molecule has 0 aliphatic heterocycles. The standard InChI is InChI=1S/C17H27NO2.C15H23NO2.ClH/c1-18(2)13-16(17(19)11-5-4-6-12-17)14-7-9-15(20-3)10-8-14;1-18-13-7-5-12(6-8-13)14(11-16)15(17)9-3-2-4-10-15;/h7-10,16,19H,4-6,11-13H2,1-3H3;5-8,14,17H,2-4,9-11,16H2,1H3;1H. The number of rotatable bonds is 9. The quantitative estimate of drug-likeness (QED) is 0.353. The molecule has 2 aliphatic carbocycles. The van der Waals surface area contributed by atoms with Crippen LogP contribution in [0.25, 0.3) is 0 Å². The summed E-state index contributed by atoms with van der Waals surface area (Å²) >= 11 is 0. The molecule has 2 atom stereocenters. The fourth-order valence-corrected chi connectivity index (χ4v) is 6.31. The molecule has 6 nitrogen and oxygen atoms in total. The molecule has 4 rings (SSSR count). The second kappa shape index (κ2) is 15.8. The number of benzene rings is 2. The minimum atomic E-state index is -0.623. The largest absolute Gasteiger partial charge is 0.497 e. The second-order valence-electron chi connectivity index (χ2n) is 11.5. The average molecular weight is 563 g/mol. The molecular formula is C32H51ClN2O4. The van der Waals surface area contributed by atoms with Gasteiger partial charge in [0.25, 0.3) is 0 Å². The molecule has 220 valence electrons. The zero-order chi connectivity index (χ0) is 27.6. The van der Waals surface area contributed by atoms with Crippen molar-refractivity contribution in [1.82, 2.24) is 4.90 Å². The van der Waals surface area contributed by atoms with Crippen LogP contribution in [0.15, 0.2) is 48.5 Å². The van der Waals surface area contributed by atoms with Crippen LogP contribution in [0.5, 0.6) is 11.5 Å². The zero-order valence-electron chi connectivity index (χ0n) is 24.4. The molecule has 2 aromatic rings. The highest BCUT2D eigenvalue weighted by Crippen LogP contribution is 2.41. The number of nitrogens with zero attached hydrogens (tertiary/aromatic N) is 1. The van der Waals surface area contributed by atoms with Crippen molar-refractivity contribution in [3.05, 3.63) is 59.7 Å². The number of nitrogens with two attached hydrogens (primary N) is 1. The van der Waals surface area contributed by atoms with E-state index in [0.29, 0.717) is 6.54 Å². The highest BCUT2D eigenvalue weighted by molar-refractivity contribution is 5.85. The van der Waals surface area contributed by atoms with E-state index in [0.717, 1.165) is 75.0 Å². The number of hydrogen-bond acceptors (Lipinski definition) is 6. The Labute approximate surface area is 242 Å². The Bertz CT molecular complexity index is 940. The monoisotopic (exact) mass is 562 g/mol. The SMILES string of the molecule is COc1ccc(C(CN(C)C)C2(O)CCCCC2)cc1.COc1ccc(C(CN)C2(O)CCCCC2)cc1.Cl. The first-order valence-electron chi connectivity index (χ1n) is 14.3. The third-order valence-corrected chi connectivity index (χ3v) is 8.56. The summed E-state index contributed by atoms with van der Waals surface area (Å²) in [6.07, 6.45) is 10.5. The van der Waals surface area contributed by atoms with Gasteiger partial charge in [0.2, 0.25) is 0 Å². The summed E-state index contributed by atoms with van der Waals surface area (Å²) in [7, 11) is 7.48. The molecule has 0 spiro atoms. The third kappa shape index (κ3) is 9.09. The normalized spacial score (nSPS) is 19.6. The minimum Gasteiger partial charge on any atom is -0.497 e. The van der Waals surface area contributed by atoms with Gasteiger partial charge in [-0.25, -0.2) is 0 Å². The van der Waals surface area contributed by atoms with Gasteiger partial charge < -0.3 is 30.3 Å². The van der Waals surface area contributed by atoms with Gasteiger partial charge in [-0.3, -0.25) is 0 Å². The Morgan fingerprint density at radius 1 is 0.692 bits per heavy atom. The van der Waals surface area contributed by atoms with Crippen molar-refractivity contribution >= 4 is 12.4 Å². The number of methoxy groups -OCH3 is 2. The molecule has 0 bridgehead atoms. The Morgan fingerprint density at radius 3 is 1.38 bits per heavy atom. The molecule has 0 radical (unpaired) electrons. The number of likely N-dealkylation sites (N-methyl/N-ethyl adjacent to an activating group) is 1. The van der Waals surface area contributed by atoms with E-state index in [1.54, 1.807) is 14.2 Å². The molecular weight excluding hydrogens is 512 g/mol. The van der Waals surface area contributed by atoms with Gasteiger partial charge in [0.1, 0.15) is 11.5 Å². The molecule has 2 aromatic carbocycles. The van der Waals surface area contributed by atoms with E-state index < -0.39 is 11.2 Å². The maximum Gasteiger partial charge on any atom is 0.118 e. The molecule has 2 saturated carbocycles. The van der Waals surface area contributed by atoms with Gasteiger partial charge in [-0.2, -0.15) is 0 Å². The third-order valence-electron chi connectivity index (χ3n) is 8.56. The molecule has 0 saturated heterocycles. The second-order valence-corrected chi connectivity index (χ2v) is 11.5. The molecule has 2 aliphatic rings. The molecule has 2 fully saturated rings. The van der Waals surface area contributed by atoms with Gasteiger partial charge in [-0.05, 0) is 75.2 Å². The van der Waals surface area contributed by atoms with E-state index in [2.05, 4.69) is 31.1 Å². The lowest BCUT2D eigenvalue weighted by Gasteiger charge is -2.40. The van der Waals surface area contributed by atoms with E-state index in [4.69, 9.17) is 15.2 Å². The lowest BCUT2D eigenvalue weighted by atomic mass is 9.72. The van der Waals surface area contributed by atoms with Crippen LogP contribution in [-0.4, -0.2) is 67.7 Å². The highest BCUT2D eigenvalue weighted by Gasteiger charge is 2.39. The fourth-order valence-electron chi connectivity index (χ4n) is 6.31. The van der Waals surface area contributed by atoms with Crippen molar-refractivity contribution in [3.63, 3.8) is 0 Å². The topological polar surface area (TPSA) is 88.2 Å². The van der Waals surface area contributed by atoms with Crippen LogP contribution < -0.4 is 15.2 Å². The van der Waals surface area contributed by atoms with E-state index >= 15 is 0 Å². The van der Waals surface area contributed by atoms with Crippen molar-refractivity contribution in [1.29, 1.82) is 0 Å². The van der Waals surface area contributed by atoms with Gasteiger partial charge in [0.15, 0.2) is 0 Å². The van der Waals surface area contributed by atoms with Crippen molar-refractivity contribution in [2.45, 2.75) is 87.2 Å². The highest BCUT2D eigenvalue weighted by atomic mass is 35.5. The lowest BCUT2D eigenvalue weighted by molar-refractivity contribution is -0.0277. The summed E-state index contributed by atoms with van der Waals surface area (Å²) in [5, 5.41) is 21.9. The first-order chi connectivity index (χ1) is 18.2. The van der Waals surface area contributed by atoms with E-state index in [9.17, 15) is 10.2 Å². The van der Waals surface area contributed by atoms with E-state index in [-0.39, 0.29) is 24.2 Å². The van der Waals surface area contributed by atoms with Gasteiger partial charge in [-0.15, -0.1) is 12.4 Å². The summed E-state index contributed by atoms with van der Waals surface area (Å²) in [6.45, 7) is 1.37.